The first-order valence-corrected chi connectivity index (χ1v) is 7.74. The lowest BCUT2D eigenvalue weighted by molar-refractivity contribution is 1.10. The molecule has 1 aromatic carbocycles. The second-order valence-electron chi connectivity index (χ2n) is 5.29. The van der Waals surface area contributed by atoms with Crippen molar-refractivity contribution in [2.75, 3.05) is 5.32 Å². The van der Waals surface area contributed by atoms with Gasteiger partial charge in [0.1, 0.15) is 23.5 Å². The maximum atomic E-state index is 6.27. The molecule has 0 atom stereocenters. The number of aryl methyl sites for hydroxylation is 1. The first-order valence-electron chi connectivity index (χ1n) is 7.36. The third-order valence-corrected chi connectivity index (χ3v) is 3.91. The number of pyridine rings is 1. The maximum Gasteiger partial charge on any atom is 0.159 e. The minimum Gasteiger partial charge on any atom is -0.338 e. The van der Waals surface area contributed by atoms with E-state index >= 15 is 0 Å². The zero-order chi connectivity index (χ0) is 16.5. The fourth-order valence-corrected chi connectivity index (χ4v) is 2.68. The molecule has 0 aliphatic rings. The molecule has 0 aliphatic heterocycles. The molecule has 0 radical (unpaired) electrons. The van der Waals surface area contributed by atoms with E-state index in [2.05, 4.69) is 30.2 Å². The van der Waals surface area contributed by atoms with Crippen molar-refractivity contribution in [2.45, 2.75) is 6.92 Å². The van der Waals surface area contributed by atoms with Crippen LogP contribution >= 0.6 is 11.6 Å². The lowest BCUT2D eigenvalue weighted by atomic mass is 10.2. The van der Waals surface area contributed by atoms with E-state index in [4.69, 9.17) is 11.6 Å². The van der Waals surface area contributed by atoms with Crippen molar-refractivity contribution in [1.29, 1.82) is 0 Å². The third-order valence-electron chi connectivity index (χ3n) is 3.58. The summed E-state index contributed by atoms with van der Waals surface area (Å²) in [4.78, 5) is 20.6. The van der Waals surface area contributed by atoms with Gasteiger partial charge in [0.25, 0.3) is 0 Å². The Morgan fingerprint density at radius 3 is 2.79 bits per heavy atom. The van der Waals surface area contributed by atoms with Gasteiger partial charge >= 0.3 is 0 Å². The zero-order valence-electron chi connectivity index (χ0n) is 12.8. The van der Waals surface area contributed by atoms with Crippen molar-refractivity contribution >= 4 is 34.3 Å². The van der Waals surface area contributed by atoms with Crippen LogP contribution in [0.15, 0.2) is 48.9 Å². The molecule has 0 unspecified atom stereocenters. The summed E-state index contributed by atoms with van der Waals surface area (Å²) in [5, 5.41) is 3.83. The number of rotatable bonds is 3. The molecule has 3 heterocycles. The van der Waals surface area contributed by atoms with E-state index < -0.39 is 0 Å². The number of fused-ring (bicyclic) bond motifs is 1. The van der Waals surface area contributed by atoms with Crippen molar-refractivity contribution in [3.8, 4) is 11.4 Å². The molecule has 0 bridgehead atoms. The van der Waals surface area contributed by atoms with E-state index in [1.165, 1.54) is 6.33 Å². The molecule has 3 aromatic heterocycles. The standard InChI is InChI=1S/C17H13ClN6/c1-10-8-14(21-9-20-10)23-17-15-13(6-7-19-17)22-16(24-15)11-4-2-3-5-12(11)18/h2-9H,1H3,(H,22,24)(H,19,20,21,23). The molecule has 0 saturated carbocycles. The van der Waals surface area contributed by atoms with Crippen LogP contribution in [0.4, 0.5) is 11.6 Å². The second-order valence-corrected chi connectivity index (χ2v) is 5.70. The first-order chi connectivity index (χ1) is 11.7. The van der Waals surface area contributed by atoms with E-state index in [0.29, 0.717) is 22.5 Å². The summed E-state index contributed by atoms with van der Waals surface area (Å²) in [7, 11) is 0. The summed E-state index contributed by atoms with van der Waals surface area (Å²) in [6.45, 7) is 1.91. The fraction of sp³-hybridized carbons (Fsp3) is 0.0588. The van der Waals surface area contributed by atoms with Crippen LogP contribution in [0.2, 0.25) is 5.02 Å². The average Bonchev–Trinajstić information content (AvgIpc) is 3.00. The van der Waals surface area contributed by atoms with Gasteiger partial charge in [0, 0.05) is 23.5 Å². The number of hydrogen-bond donors (Lipinski definition) is 2. The number of nitrogens with zero attached hydrogens (tertiary/aromatic N) is 4. The van der Waals surface area contributed by atoms with Crippen LogP contribution in [0.1, 0.15) is 5.69 Å². The van der Waals surface area contributed by atoms with Crippen molar-refractivity contribution in [1.82, 2.24) is 24.9 Å². The van der Waals surface area contributed by atoms with Crippen LogP contribution in [0.3, 0.4) is 0 Å². The number of H-pyrrole nitrogens is 1. The molecule has 118 valence electrons. The highest BCUT2D eigenvalue weighted by molar-refractivity contribution is 6.33. The van der Waals surface area contributed by atoms with Gasteiger partial charge in [0.15, 0.2) is 5.82 Å². The highest BCUT2D eigenvalue weighted by Gasteiger charge is 2.12. The summed E-state index contributed by atoms with van der Waals surface area (Å²) < 4.78 is 0. The lowest BCUT2D eigenvalue weighted by Gasteiger charge is -2.04. The quantitative estimate of drug-likeness (QED) is 0.588. The molecule has 7 heteroatoms. The molecular weight excluding hydrogens is 324 g/mol. The van der Waals surface area contributed by atoms with E-state index in [9.17, 15) is 0 Å². The summed E-state index contributed by atoms with van der Waals surface area (Å²) in [6, 6.07) is 11.3. The predicted molar refractivity (Wildman–Crippen MR) is 94.4 cm³/mol. The number of halogens is 1. The Morgan fingerprint density at radius 2 is 1.96 bits per heavy atom. The number of imidazole rings is 1. The number of aromatic amines is 1. The highest BCUT2D eigenvalue weighted by atomic mass is 35.5. The smallest absolute Gasteiger partial charge is 0.159 e. The Hall–Kier alpha value is -2.99. The lowest BCUT2D eigenvalue weighted by Crippen LogP contribution is -1.98. The van der Waals surface area contributed by atoms with Crippen molar-refractivity contribution in [3.05, 3.63) is 59.6 Å². The van der Waals surface area contributed by atoms with Crippen LogP contribution < -0.4 is 5.32 Å². The average molecular weight is 337 g/mol. The second kappa shape index (κ2) is 5.90. The molecule has 4 aromatic rings. The maximum absolute atomic E-state index is 6.27. The summed E-state index contributed by atoms with van der Waals surface area (Å²) in [5.74, 6) is 2.00. The van der Waals surface area contributed by atoms with Gasteiger partial charge in [0.05, 0.1) is 10.5 Å². The van der Waals surface area contributed by atoms with Gasteiger partial charge in [-0.2, -0.15) is 0 Å². The number of benzene rings is 1. The molecule has 0 amide bonds. The van der Waals surface area contributed by atoms with E-state index in [0.717, 1.165) is 22.3 Å². The minimum absolute atomic E-state index is 0.625. The molecular formula is C17H13ClN6. The summed E-state index contributed by atoms with van der Waals surface area (Å²) in [6.07, 6.45) is 3.23. The Labute approximate surface area is 143 Å². The largest absolute Gasteiger partial charge is 0.338 e. The van der Waals surface area contributed by atoms with Crippen LogP contribution in [0, 0.1) is 6.92 Å². The molecule has 0 aliphatic carbocycles. The van der Waals surface area contributed by atoms with Crippen LogP contribution in [0.5, 0.6) is 0 Å². The first kappa shape index (κ1) is 14.6. The number of hydrogen-bond acceptors (Lipinski definition) is 5. The van der Waals surface area contributed by atoms with Crippen LogP contribution in [-0.2, 0) is 0 Å². The Kier molecular flexibility index (Phi) is 3.59. The van der Waals surface area contributed by atoms with Gasteiger partial charge in [-0.3, -0.25) is 0 Å². The van der Waals surface area contributed by atoms with E-state index in [1.807, 2.05) is 43.3 Å². The Bertz CT molecular complexity index is 1030. The zero-order valence-corrected chi connectivity index (χ0v) is 13.5. The SMILES string of the molecule is Cc1cc(Nc2nccc3[nH]c(-c4ccccc4Cl)nc23)ncn1. The molecule has 0 fully saturated rings. The molecule has 2 N–H and O–H groups in total. The number of anilines is 2. The normalized spacial score (nSPS) is 10.9. The van der Waals surface area contributed by atoms with E-state index in [-0.39, 0.29) is 0 Å². The van der Waals surface area contributed by atoms with E-state index in [1.54, 1.807) is 6.20 Å². The van der Waals surface area contributed by atoms with Crippen LogP contribution in [0.25, 0.3) is 22.4 Å². The third kappa shape index (κ3) is 2.68. The van der Waals surface area contributed by atoms with Gasteiger partial charge in [-0.15, -0.1) is 0 Å². The highest BCUT2D eigenvalue weighted by Crippen LogP contribution is 2.29. The number of nitrogens with one attached hydrogen (secondary N) is 2. The molecule has 4 rings (SSSR count). The monoisotopic (exact) mass is 336 g/mol. The predicted octanol–water partition coefficient (Wildman–Crippen LogP) is 4.12. The molecule has 0 saturated heterocycles. The van der Waals surface area contributed by atoms with Gasteiger partial charge in [-0.25, -0.2) is 19.9 Å². The topological polar surface area (TPSA) is 79.4 Å². The van der Waals surface area contributed by atoms with Crippen LogP contribution in [-0.4, -0.2) is 24.9 Å². The molecule has 0 spiro atoms. The Morgan fingerprint density at radius 1 is 1.08 bits per heavy atom. The van der Waals surface area contributed by atoms with Crippen molar-refractivity contribution < 1.29 is 0 Å². The Balaban J connectivity index is 1.79. The summed E-state index contributed by atoms with van der Waals surface area (Å²) in [5.41, 5.74) is 3.31. The summed E-state index contributed by atoms with van der Waals surface area (Å²) >= 11 is 6.27. The van der Waals surface area contributed by atoms with Gasteiger partial charge in [0.2, 0.25) is 0 Å². The van der Waals surface area contributed by atoms with Gasteiger partial charge < -0.3 is 10.3 Å². The molecule has 24 heavy (non-hydrogen) atoms. The molecule has 6 nitrogen and oxygen atoms in total. The fourth-order valence-electron chi connectivity index (χ4n) is 2.45. The van der Waals surface area contributed by atoms with Crippen molar-refractivity contribution in [2.24, 2.45) is 0 Å². The van der Waals surface area contributed by atoms with Gasteiger partial charge in [-0.05, 0) is 25.1 Å². The number of aromatic nitrogens is 5. The van der Waals surface area contributed by atoms with Crippen molar-refractivity contribution in [3.63, 3.8) is 0 Å². The van der Waals surface area contributed by atoms with Gasteiger partial charge in [-0.1, -0.05) is 23.7 Å². The minimum atomic E-state index is 0.625.